The molecule has 0 unspecified atom stereocenters. The summed E-state index contributed by atoms with van der Waals surface area (Å²) in [6.07, 6.45) is 3.47. The van der Waals surface area contributed by atoms with Crippen molar-refractivity contribution in [2.75, 3.05) is 5.32 Å². The van der Waals surface area contributed by atoms with E-state index in [0.717, 1.165) is 30.6 Å². The molecule has 0 radical (unpaired) electrons. The standard InChI is InChI=1S/C11H14N2O3S/c1-2-7(14)12-11-13-8(6-4-3-5-6)9(17-11)10(15)16/h6H,2-5H2,1H3,(H,15,16)(H,12,13,14). The third-order valence-corrected chi connectivity index (χ3v) is 3.88. The topological polar surface area (TPSA) is 79.3 Å². The minimum Gasteiger partial charge on any atom is -0.477 e. The smallest absolute Gasteiger partial charge is 0.347 e. The molecule has 0 spiro atoms. The Balaban J connectivity index is 2.24. The average molecular weight is 254 g/mol. The summed E-state index contributed by atoms with van der Waals surface area (Å²) in [6, 6.07) is 0. The number of carbonyl (C=O) groups excluding carboxylic acids is 1. The minimum absolute atomic E-state index is 0.143. The second-order valence-corrected chi connectivity index (χ2v) is 5.07. The molecule has 1 aromatic heterocycles. The molecule has 1 aromatic rings. The van der Waals surface area contributed by atoms with Gasteiger partial charge in [0.05, 0.1) is 5.69 Å². The summed E-state index contributed by atoms with van der Waals surface area (Å²) in [6.45, 7) is 1.74. The Morgan fingerprint density at radius 2 is 2.24 bits per heavy atom. The predicted molar refractivity (Wildman–Crippen MR) is 64.6 cm³/mol. The lowest BCUT2D eigenvalue weighted by Crippen LogP contribution is -2.13. The molecule has 2 rings (SSSR count). The number of anilines is 1. The highest BCUT2D eigenvalue weighted by molar-refractivity contribution is 7.17. The van der Waals surface area contributed by atoms with Crippen molar-refractivity contribution < 1.29 is 14.7 Å². The summed E-state index contributed by atoms with van der Waals surface area (Å²) in [5.74, 6) is -0.845. The molecule has 0 saturated heterocycles. The third kappa shape index (κ3) is 2.46. The van der Waals surface area contributed by atoms with Gasteiger partial charge in [-0.1, -0.05) is 24.7 Å². The van der Waals surface area contributed by atoms with E-state index >= 15 is 0 Å². The number of carbonyl (C=O) groups is 2. The Morgan fingerprint density at radius 1 is 1.53 bits per heavy atom. The van der Waals surface area contributed by atoms with Gasteiger partial charge in [-0.2, -0.15) is 0 Å². The van der Waals surface area contributed by atoms with Crippen LogP contribution in [-0.4, -0.2) is 22.0 Å². The van der Waals surface area contributed by atoms with Crippen LogP contribution < -0.4 is 5.32 Å². The van der Waals surface area contributed by atoms with Gasteiger partial charge < -0.3 is 10.4 Å². The number of thiazole rings is 1. The summed E-state index contributed by atoms with van der Waals surface area (Å²) in [5.41, 5.74) is 0.639. The van der Waals surface area contributed by atoms with E-state index in [9.17, 15) is 9.59 Å². The number of aromatic nitrogens is 1. The van der Waals surface area contributed by atoms with Crippen molar-refractivity contribution in [1.29, 1.82) is 0 Å². The molecule has 6 heteroatoms. The number of hydrogen-bond acceptors (Lipinski definition) is 4. The van der Waals surface area contributed by atoms with Crippen molar-refractivity contribution in [3.05, 3.63) is 10.6 Å². The number of nitrogens with zero attached hydrogens (tertiary/aromatic N) is 1. The Kier molecular flexibility index (Phi) is 3.42. The number of aromatic carboxylic acids is 1. The first kappa shape index (κ1) is 12.0. The molecule has 1 fully saturated rings. The van der Waals surface area contributed by atoms with Gasteiger partial charge in [-0.15, -0.1) is 0 Å². The lowest BCUT2D eigenvalue weighted by atomic mass is 9.82. The lowest BCUT2D eigenvalue weighted by Gasteiger charge is -2.23. The van der Waals surface area contributed by atoms with Crippen molar-refractivity contribution in [3.8, 4) is 0 Å². The zero-order valence-corrected chi connectivity index (χ0v) is 10.3. The summed E-state index contributed by atoms with van der Waals surface area (Å²) < 4.78 is 0. The van der Waals surface area contributed by atoms with Gasteiger partial charge in [0.2, 0.25) is 5.91 Å². The highest BCUT2D eigenvalue weighted by Gasteiger charge is 2.29. The molecular weight excluding hydrogens is 240 g/mol. The molecule has 0 aliphatic heterocycles. The van der Waals surface area contributed by atoms with Crippen LogP contribution in [-0.2, 0) is 4.79 Å². The minimum atomic E-state index is -0.957. The van der Waals surface area contributed by atoms with Crippen molar-refractivity contribution in [2.24, 2.45) is 0 Å². The number of nitrogens with one attached hydrogen (secondary N) is 1. The predicted octanol–water partition coefficient (Wildman–Crippen LogP) is 2.46. The van der Waals surface area contributed by atoms with E-state index in [-0.39, 0.29) is 16.7 Å². The Labute approximate surface area is 103 Å². The van der Waals surface area contributed by atoms with Crippen molar-refractivity contribution in [1.82, 2.24) is 4.98 Å². The number of hydrogen-bond donors (Lipinski definition) is 2. The van der Waals surface area contributed by atoms with Gasteiger partial charge in [0, 0.05) is 12.3 Å². The number of carboxylic acid groups (broad SMARTS) is 1. The van der Waals surface area contributed by atoms with E-state index in [1.54, 1.807) is 6.92 Å². The Hall–Kier alpha value is -1.43. The van der Waals surface area contributed by atoms with Crippen LogP contribution in [0.3, 0.4) is 0 Å². The van der Waals surface area contributed by atoms with Crippen molar-refractivity contribution in [2.45, 2.75) is 38.5 Å². The van der Waals surface area contributed by atoms with Gasteiger partial charge in [0.1, 0.15) is 4.88 Å². The van der Waals surface area contributed by atoms with Crippen LogP contribution in [0.5, 0.6) is 0 Å². The van der Waals surface area contributed by atoms with Gasteiger partial charge in [-0.25, -0.2) is 9.78 Å². The molecule has 1 aliphatic carbocycles. The summed E-state index contributed by atoms with van der Waals surface area (Å²) in [5, 5.41) is 12.1. The van der Waals surface area contributed by atoms with Gasteiger partial charge in [-0.05, 0) is 12.8 Å². The molecule has 1 amide bonds. The van der Waals surface area contributed by atoms with Gasteiger partial charge >= 0.3 is 5.97 Å². The fourth-order valence-electron chi connectivity index (χ4n) is 1.70. The molecule has 1 heterocycles. The van der Waals surface area contributed by atoms with E-state index in [0.29, 0.717) is 17.2 Å². The first-order valence-corrected chi connectivity index (χ1v) is 6.47. The SMILES string of the molecule is CCC(=O)Nc1nc(C2CCC2)c(C(=O)O)s1. The molecule has 0 atom stereocenters. The molecule has 5 nitrogen and oxygen atoms in total. The van der Waals surface area contributed by atoms with E-state index in [1.165, 1.54) is 0 Å². The first-order valence-electron chi connectivity index (χ1n) is 5.65. The number of rotatable bonds is 4. The second-order valence-electron chi connectivity index (χ2n) is 4.07. The van der Waals surface area contributed by atoms with Gasteiger partial charge in [0.25, 0.3) is 0 Å². The Bertz CT molecular complexity index is 452. The van der Waals surface area contributed by atoms with E-state index in [1.807, 2.05) is 0 Å². The Morgan fingerprint density at radius 3 is 2.71 bits per heavy atom. The number of amides is 1. The fourth-order valence-corrected chi connectivity index (χ4v) is 2.61. The van der Waals surface area contributed by atoms with E-state index < -0.39 is 5.97 Å². The lowest BCUT2D eigenvalue weighted by molar-refractivity contribution is -0.115. The van der Waals surface area contributed by atoms with Crippen molar-refractivity contribution >= 4 is 28.3 Å². The van der Waals surface area contributed by atoms with Crippen LogP contribution in [0, 0.1) is 0 Å². The molecule has 2 N–H and O–H groups in total. The van der Waals surface area contributed by atoms with Crippen LogP contribution in [0.25, 0.3) is 0 Å². The third-order valence-electron chi connectivity index (χ3n) is 2.91. The molecule has 0 bridgehead atoms. The second kappa shape index (κ2) is 4.83. The van der Waals surface area contributed by atoms with E-state index in [2.05, 4.69) is 10.3 Å². The molecule has 92 valence electrons. The highest BCUT2D eigenvalue weighted by atomic mass is 32.1. The fraction of sp³-hybridized carbons (Fsp3) is 0.545. The number of carboxylic acids is 1. The maximum atomic E-state index is 11.2. The monoisotopic (exact) mass is 254 g/mol. The van der Waals surface area contributed by atoms with Crippen LogP contribution in [0.2, 0.25) is 0 Å². The van der Waals surface area contributed by atoms with Gasteiger partial charge in [0.15, 0.2) is 5.13 Å². The first-order chi connectivity index (χ1) is 8.11. The molecule has 1 saturated carbocycles. The maximum Gasteiger partial charge on any atom is 0.347 e. The molecule has 0 aromatic carbocycles. The summed E-state index contributed by atoms with van der Waals surface area (Å²) >= 11 is 1.05. The van der Waals surface area contributed by atoms with Crippen LogP contribution >= 0.6 is 11.3 Å². The highest BCUT2D eigenvalue weighted by Crippen LogP contribution is 2.40. The summed E-state index contributed by atoms with van der Waals surface area (Å²) in [7, 11) is 0. The largest absolute Gasteiger partial charge is 0.477 e. The normalized spacial score (nSPS) is 15.4. The van der Waals surface area contributed by atoms with Crippen LogP contribution in [0.15, 0.2) is 0 Å². The zero-order valence-electron chi connectivity index (χ0n) is 9.52. The van der Waals surface area contributed by atoms with Crippen LogP contribution in [0.1, 0.15) is 53.9 Å². The zero-order chi connectivity index (χ0) is 12.4. The van der Waals surface area contributed by atoms with Crippen LogP contribution in [0.4, 0.5) is 5.13 Å². The molecule has 17 heavy (non-hydrogen) atoms. The maximum absolute atomic E-state index is 11.2. The van der Waals surface area contributed by atoms with Crippen molar-refractivity contribution in [3.63, 3.8) is 0 Å². The molecule has 1 aliphatic rings. The molecular formula is C11H14N2O3S. The average Bonchev–Trinajstić information content (AvgIpc) is 2.59. The van der Waals surface area contributed by atoms with Gasteiger partial charge in [-0.3, -0.25) is 4.79 Å². The van der Waals surface area contributed by atoms with E-state index in [4.69, 9.17) is 5.11 Å². The quantitative estimate of drug-likeness (QED) is 0.865. The summed E-state index contributed by atoms with van der Waals surface area (Å²) in [4.78, 5) is 26.8.